The highest BCUT2D eigenvalue weighted by Crippen LogP contribution is 2.48. The van der Waals surface area contributed by atoms with Crippen LogP contribution in [0.25, 0.3) is 6.08 Å². The maximum Gasteiger partial charge on any atom is 0.416 e. The molecule has 0 saturated heterocycles. The first kappa shape index (κ1) is 14.9. The second-order valence-corrected chi connectivity index (χ2v) is 5.90. The maximum atomic E-state index is 12.5. The number of hydrogen-bond acceptors (Lipinski definition) is 0. The van der Waals surface area contributed by atoms with Crippen LogP contribution in [-0.4, -0.2) is 0 Å². The molecule has 0 bridgehead atoms. The predicted octanol–water partition coefficient (Wildman–Crippen LogP) is 5.83. The van der Waals surface area contributed by atoms with Gasteiger partial charge in [0.15, 0.2) is 0 Å². The number of aryl methyl sites for hydroxylation is 1. The quantitative estimate of drug-likeness (QED) is 0.669. The van der Waals surface area contributed by atoms with Crippen LogP contribution in [0.5, 0.6) is 0 Å². The molecule has 2 aromatic rings. The maximum absolute atomic E-state index is 12.5. The molecule has 1 fully saturated rings. The SMILES string of the molecule is Cc1ccc([C@@H]2C[C@@H]2/C=C/c2ccc(C(F)(F)F)cc2)cc1. The fraction of sp³-hybridized carbons (Fsp3) is 0.263. The minimum Gasteiger partial charge on any atom is -0.166 e. The van der Waals surface area contributed by atoms with Crippen LogP contribution < -0.4 is 0 Å². The van der Waals surface area contributed by atoms with Gasteiger partial charge in [-0.15, -0.1) is 0 Å². The number of halogens is 3. The van der Waals surface area contributed by atoms with Crippen LogP contribution in [0.4, 0.5) is 13.2 Å². The molecule has 0 N–H and O–H groups in total. The van der Waals surface area contributed by atoms with Crippen molar-refractivity contribution in [2.24, 2.45) is 5.92 Å². The number of allylic oxidation sites excluding steroid dienone is 1. The molecule has 1 aliphatic rings. The molecular weight excluding hydrogens is 285 g/mol. The highest BCUT2D eigenvalue weighted by molar-refractivity contribution is 5.51. The van der Waals surface area contributed by atoms with Gasteiger partial charge in [0.1, 0.15) is 0 Å². The molecule has 1 saturated carbocycles. The first-order valence-electron chi connectivity index (χ1n) is 7.35. The van der Waals surface area contributed by atoms with Crippen molar-refractivity contribution in [1.82, 2.24) is 0 Å². The highest BCUT2D eigenvalue weighted by Gasteiger charge is 2.35. The summed E-state index contributed by atoms with van der Waals surface area (Å²) in [5, 5.41) is 0. The lowest BCUT2D eigenvalue weighted by Crippen LogP contribution is -2.03. The topological polar surface area (TPSA) is 0 Å². The van der Waals surface area contributed by atoms with Gasteiger partial charge in [-0.2, -0.15) is 13.2 Å². The van der Waals surface area contributed by atoms with Crippen molar-refractivity contribution in [3.8, 4) is 0 Å². The number of alkyl halides is 3. The predicted molar refractivity (Wildman–Crippen MR) is 82.5 cm³/mol. The first-order chi connectivity index (χ1) is 10.4. The lowest BCUT2D eigenvalue weighted by Gasteiger charge is -2.05. The Morgan fingerprint density at radius 3 is 2.18 bits per heavy atom. The third-order valence-corrected chi connectivity index (χ3v) is 4.12. The van der Waals surface area contributed by atoms with E-state index >= 15 is 0 Å². The van der Waals surface area contributed by atoms with Gasteiger partial charge in [0.2, 0.25) is 0 Å². The average molecular weight is 302 g/mol. The van der Waals surface area contributed by atoms with Crippen molar-refractivity contribution < 1.29 is 13.2 Å². The molecule has 0 nitrogen and oxygen atoms in total. The molecule has 0 spiro atoms. The van der Waals surface area contributed by atoms with E-state index in [0.29, 0.717) is 11.8 Å². The van der Waals surface area contributed by atoms with Gasteiger partial charge in [0.05, 0.1) is 5.56 Å². The number of benzene rings is 2. The second-order valence-electron chi connectivity index (χ2n) is 5.90. The second kappa shape index (κ2) is 5.64. The van der Waals surface area contributed by atoms with Crippen LogP contribution in [0.3, 0.4) is 0 Å². The lowest BCUT2D eigenvalue weighted by molar-refractivity contribution is -0.137. The van der Waals surface area contributed by atoms with Crippen molar-refractivity contribution >= 4 is 6.08 Å². The van der Waals surface area contributed by atoms with Crippen LogP contribution in [0.15, 0.2) is 54.6 Å². The Hall–Kier alpha value is -2.03. The smallest absolute Gasteiger partial charge is 0.166 e. The summed E-state index contributed by atoms with van der Waals surface area (Å²) < 4.78 is 37.5. The van der Waals surface area contributed by atoms with E-state index in [1.54, 1.807) is 0 Å². The van der Waals surface area contributed by atoms with Gasteiger partial charge in [0.25, 0.3) is 0 Å². The summed E-state index contributed by atoms with van der Waals surface area (Å²) in [7, 11) is 0. The lowest BCUT2D eigenvalue weighted by atomic mass is 10.1. The van der Waals surface area contributed by atoms with Gasteiger partial charge < -0.3 is 0 Å². The van der Waals surface area contributed by atoms with Gasteiger partial charge >= 0.3 is 6.18 Å². The van der Waals surface area contributed by atoms with E-state index in [0.717, 1.165) is 24.1 Å². The first-order valence-corrected chi connectivity index (χ1v) is 7.35. The van der Waals surface area contributed by atoms with E-state index in [2.05, 4.69) is 37.3 Å². The van der Waals surface area contributed by atoms with Gasteiger partial charge in [-0.25, -0.2) is 0 Å². The van der Waals surface area contributed by atoms with Crippen molar-refractivity contribution in [3.05, 3.63) is 76.9 Å². The molecule has 0 radical (unpaired) electrons. The molecule has 0 aliphatic heterocycles. The largest absolute Gasteiger partial charge is 0.416 e. The molecule has 2 aromatic carbocycles. The van der Waals surface area contributed by atoms with E-state index in [-0.39, 0.29) is 0 Å². The standard InChI is InChI=1S/C19H17F3/c1-13-2-7-15(8-3-13)18-12-16(18)9-4-14-5-10-17(11-6-14)19(20,21)22/h2-11,16,18H,12H2,1H3/b9-4+/t16-,18-/m0/s1. The Morgan fingerprint density at radius 2 is 1.59 bits per heavy atom. The number of hydrogen-bond donors (Lipinski definition) is 0. The van der Waals surface area contributed by atoms with Crippen molar-refractivity contribution in [3.63, 3.8) is 0 Å². The minimum absolute atomic E-state index is 0.491. The van der Waals surface area contributed by atoms with Gasteiger partial charge in [-0.1, -0.05) is 54.1 Å². The Balaban J connectivity index is 1.62. The molecule has 1 aliphatic carbocycles. The average Bonchev–Trinajstić information content (AvgIpc) is 3.25. The molecule has 3 rings (SSSR count). The molecule has 0 heterocycles. The Labute approximate surface area is 128 Å². The zero-order valence-electron chi connectivity index (χ0n) is 12.3. The van der Waals surface area contributed by atoms with Crippen molar-refractivity contribution in [2.45, 2.75) is 25.4 Å². The summed E-state index contributed by atoms with van der Waals surface area (Å²) >= 11 is 0. The summed E-state index contributed by atoms with van der Waals surface area (Å²) in [6, 6.07) is 13.8. The fourth-order valence-electron chi connectivity index (χ4n) is 2.64. The Bertz CT molecular complexity index is 663. The fourth-order valence-corrected chi connectivity index (χ4v) is 2.64. The van der Waals surface area contributed by atoms with Crippen LogP contribution in [0.1, 0.15) is 34.6 Å². The summed E-state index contributed by atoms with van der Waals surface area (Å²) in [6.45, 7) is 2.07. The van der Waals surface area contributed by atoms with Crippen LogP contribution in [0, 0.1) is 12.8 Å². The Kier molecular flexibility index (Phi) is 3.81. The van der Waals surface area contributed by atoms with Gasteiger partial charge in [-0.3, -0.25) is 0 Å². The number of rotatable bonds is 3. The van der Waals surface area contributed by atoms with Gasteiger partial charge in [0, 0.05) is 0 Å². The summed E-state index contributed by atoms with van der Waals surface area (Å²) in [5.74, 6) is 1.04. The van der Waals surface area contributed by atoms with Crippen molar-refractivity contribution in [1.29, 1.82) is 0 Å². The third-order valence-electron chi connectivity index (χ3n) is 4.12. The minimum atomic E-state index is -4.27. The summed E-state index contributed by atoms with van der Waals surface area (Å²) in [6.07, 6.45) is 0.863. The van der Waals surface area contributed by atoms with Crippen LogP contribution >= 0.6 is 0 Å². The van der Waals surface area contributed by atoms with E-state index in [4.69, 9.17) is 0 Å². The van der Waals surface area contributed by atoms with E-state index in [1.165, 1.54) is 23.3 Å². The van der Waals surface area contributed by atoms with Gasteiger partial charge in [-0.05, 0) is 48.4 Å². The van der Waals surface area contributed by atoms with Crippen LogP contribution in [-0.2, 0) is 6.18 Å². The molecule has 0 aromatic heterocycles. The van der Waals surface area contributed by atoms with Crippen molar-refractivity contribution in [2.75, 3.05) is 0 Å². The Morgan fingerprint density at radius 1 is 0.955 bits per heavy atom. The highest BCUT2D eigenvalue weighted by atomic mass is 19.4. The normalized spacial score (nSPS) is 21.3. The van der Waals surface area contributed by atoms with Crippen LogP contribution in [0.2, 0.25) is 0 Å². The molecule has 0 unspecified atom stereocenters. The molecule has 114 valence electrons. The molecular formula is C19H17F3. The van der Waals surface area contributed by atoms with E-state index < -0.39 is 11.7 Å². The molecule has 0 amide bonds. The van der Waals surface area contributed by atoms with E-state index in [9.17, 15) is 13.2 Å². The molecule has 22 heavy (non-hydrogen) atoms. The monoisotopic (exact) mass is 302 g/mol. The zero-order valence-corrected chi connectivity index (χ0v) is 12.3. The third kappa shape index (κ3) is 3.41. The summed E-state index contributed by atoms with van der Waals surface area (Å²) in [5.41, 5.74) is 2.80. The summed E-state index contributed by atoms with van der Waals surface area (Å²) in [4.78, 5) is 0. The molecule has 3 heteroatoms. The zero-order chi connectivity index (χ0) is 15.7. The van der Waals surface area contributed by atoms with E-state index in [1.807, 2.05) is 6.08 Å². The molecule has 2 atom stereocenters.